The molecule has 1 aromatic rings. The molecule has 0 radical (unpaired) electrons. The molecule has 2 aliphatic rings. The van der Waals surface area contributed by atoms with Crippen molar-refractivity contribution in [3.05, 3.63) is 22.7 Å². The first-order chi connectivity index (χ1) is 10.2. The summed E-state index contributed by atoms with van der Waals surface area (Å²) in [6.07, 6.45) is 4.32. The van der Waals surface area contributed by atoms with Gasteiger partial charge in [0.15, 0.2) is 11.5 Å². The second-order valence-electron chi connectivity index (χ2n) is 5.61. The molecule has 2 heterocycles. The zero-order valence-corrected chi connectivity index (χ0v) is 12.8. The van der Waals surface area contributed by atoms with E-state index in [1.165, 1.54) is 0 Å². The van der Waals surface area contributed by atoms with Crippen molar-refractivity contribution >= 4 is 11.6 Å². The molecule has 4 nitrogen and oxygen atoms in total. The van der Waals surface area contributed by atoms with Crippen LogP contribution < -0.4 is 9.47 Å². The van der Waals surface area contributed by atoms with E-state index in [9.17, 15) is 5.11 Å². The molecular formula is C16H21ClO4. The Kier molecular flexibility index (Phi) is 4.88. The molecule has 0 bridgehead atoms. The minimum absolute atomic E-state index is 0.288. The average molecular weight is 313 g/mol. The molecule has 1 saturated heterocycles. The first-order valence-corrected chi connectivity index (χ1v) is 8.00. The number of rotatable bonds is 4. The van der Waals surface area contributed by atoms with Gasteiger partial charge < -0.3 is 19.3 Å². The number of fused-ring (bicyclic) bond motifs is 1. The second kappa shape index (κ2) is 6.86. The summed E-state index contributed by atoms with van der Waals surface area (Å²) in [6.45, 7) is 2.06. The molecule has 1 fully saturated rings. The van der Waals surface area contributed by atoms with Gasteiger partial charge in [-0.2, -0.15) is 0 Å². The van der Waals surface area contributed by atoms with Crippen molar-refractivity contribution in [3.8, 4) is 11.5 Å². The Morgan fingerprint density at radius 2 is 2.05 bits per heavy atom. The van der Waals surface area contributed by atoms with E-state index in [1.54, 1.807) is 6.07 Å². The van der Waals surface area contributed by atoms with Crippen molar-refractivity contribution in [1.82, 2.24) is 0 Å². The van der Waals surface area contributed by atoms with Crippen molar-refractivity contribution in [2.45, 2.75) is 44.3 Å². The first kappa shape index (κ1) is 14.9. The highest BCUT2D eigenvalue weighted by atomic mass is 35.5. The van der Waals surface area contributed by atoms with Gasteiger partial charge in [-0.1, -0.05) is 11.6 Å². The fraction of sp³-hybridized carbons (Fsp3) is 0.625. The number of aliphatic hydroxyl groups excluding tert-OH is 1. The zero-order valence-electron chi connectivity index (χ0n) is 12.0. The van der Waals surface area contributed by atoms with Crippen molar-refractivity contribution in [3.63, 3.8) is 0 Å². The van der Waals surface area contributed by atoms with E-state index in [-0.39, 0.29) is 6.10 Å². The van der Waals surface area contributed by atoms with E-state index < -0.39 is 6.10 Å². The van der Waals surface area contributed by atoms with Gasteiger partial charge in [-0.05, 0) is 43.4 Å². The number of aliphatic hydroxyl groups is 1. The smallest absolute Gasteiger partial charge is 0.179 e. The van der Waals surface area contributed by atoms with Gasteiger partial charge in [0.1, 0.15) is 0 Å². The van der Waals surface area contributed by atoms with Gasteiger partial charge in [-0.3, -0.25) is 0 Å². The molecule has 1 N–H and O–H groups in total. The molecule has 0 amide bonds. The highest BCUT2D eigenvalue weighted by Crippen LogP contribution is 2.40. The van der Waals surface area contributed by atoms with Crippen LogP contribution in [0.4, 0.5) is 0 Å². The fourth-order valence-corrected chi connectivity index (χ4v) is 3.10. The van der Waals surface area contributed by atoms with Gasteiger partial charge in [-0.25, -0.2) is 0 Å². The lowest BCUT2D eigenvalue weighted by Gasteiger charge is -2.17. The SMILES string of the molecule is OC(CCC1CCCO1)c1cc(Cl)c2c(c1)OCCCO2. The number of hydrogen-bond donors (Lipinski definition) is 1. The third kappa shape index (κ3) is 3.62. The van der Waals surface area contributed by atoms with Crippen LogP contribution in [0.1, 0.15) is 43.8 Å². The Morgan fingerprint density at radius 3 is 2.86 bits per heavy atom. The predicted molar refractivity (Wildman–Crippen MR) is 80.2 cm³/mol. The summed E-state index contributed by atoms with van der Waals surface area (Å²) in [5.41, 5.74) is 0.780. The topological polar surface area (TPSA) is 47.9 Å². The van der Waals surface area contributed by atoms with Crippen LogP contribution in [0, 0.1) is 0 Å². The predicted octanol–water partition coefficient (Wildman–Crippen LogP) is 3.49. The van der Waals surface area contributed by atoms with Crippen LogP contribution in [-0.4, -0.2) is 31.0 Å². The van der Waals surface area contributed by atoms with Crippen LogP contribution in [0.5, 0.6) is 11.5 Å². The van der Waals surface area contributed by atoms with Crippen LogP contribution in [-0.2, 0) is 4.74 Å². The Morgan fingerprint density at radius 1 is 1.19 bits per heavy atom. The normalized spacial score (nSPS) is 22.9. The van der Waals surface area contributed by atoms with Gasteiger partial charge in [0, 0.05) is 13.0 Å². The van der Waals surface area contributed by atoms with Gasteiger partial charge >= 0.3 is 0 Å². The molecule has 21 heavy (non-hydrogen) atoms. The van der Waals surface area contributed by atoms with E-state index >= 15 is 0 Å². The number of hydrogen-bond acceptors (Lipinski definition) is 4. The summed E-state index contributed by atoms with van der Waals surface area (Å²) >= 11 is 6.25. The maximum Gasteiger partial charge on any atom is 0.179 e. The lowest BCUT2D eigenvalue weighted by Crippen LogP contribution is -2.08. The van der Waals surface area contributed by atoms with E-state index in [2.05, 4.69) is 0 Å². The van der Waals surface area contributed by atoms with Crippen LogP contribution in [0.25, 0.3) is 0 Å². The largest absolute Gasteiger partial charge is 0.489 e. The molecule has 0 saturated carbocycles. The van der Waals surface area contributed by atoms with E-state index in [0.717, 1.165) is 37.9 Å². The summed E-state index contributed by atoms with van der Waals surface area (Å²) in [7, 11) is 0. The number of benzene rings is 1. The summed E-state index contributed by atoms with van der Waals surface area (Å²) in [6, 6.07) is 3.61. The summed E-state index contributed by atoms with van der Waals surface area (Å²) < 4.78 is 16.8. The van der Waals surface area contributed by atoms with Gasteiger partial charge in [0.05, 0.1) is 30.4 Å². The second-order valence-corrected chi connectivity index (χ2v) is 6.02. The Labute approximate surface area is 130 Å². The summed E-state index contributed by atoms with van der Waals surface area (Å²) in [5.74, 6) is 1.22. The van der Waals surface area contributed by atoms with Crippen molar-refractivity contribution in [2.24, 2.45) is 0 Å². The maximum absolute atomic E-state index is 10.4. The fourth-order valence-electron chi connectivity index (χ4n) is 2.83. The van der Waals surface area contributed by atoms with E-state index in [4.69, 9.17) is 25.8 Å². The van der Waals surface area contributed by atoms with Crippen LogP contribution >= 0.6 is 11.6 Å². The zero-order chi connectivity index (χ0) is 14.7. The molecule has 2 atom stereocenters. The lowest BCUT2D eigenvalue weighted by molar-refractivity contribution is 0.0811. The molecule has 2 unspecified atom stereocenters. The molecule has 2 aliphatic heterocycles. The molecular weight excluding hydrogens is 292 g/mol. The van der Waals surface area contributed by atoms with E-state index in [1.807, 2.05) is 6.07 Å². The van der Waals surface area contributed by atoms with Gasteiger partial charge in [0.2, 0.25) is 0 Å². The highest BCUT2D eigenvalue weighted by molar-refractivity contribution is 6.32. The van der Waals surface area contributed by atoms with Crippen LogP contribution in [0.2, 0.25) is 5.02 Å². The number of ether oxygens (including phenoxy) is 3. The molecule has 3 rings (SSSR count). The molecule has 1 aromatic carbocycles. The summed E-state index contributed by atoms with van der Waals surface area (Å²) in [4.78, 5) is 0. The summed E-state index contributed by atoms with van der Waals surface area (Å²) in [5, 5.41) is 10.9. The number of halogens is 1. The molecule has 0 aromatic heterocycles. The van der Waals surface area contributed by atoms with Crippen LogP contribution in [0.15, 0.2) is 12.1 Å². The van der Waals surface area contributed by atoms with Crippen molar-refractivity contribution in [1.29, 1.82) is 0 Å². The maximum atomic E-state index is 10.4. The Bertz CT molecular complexity index is 485. The molecule has 5 heteroatoms. The Balaban J connectivity index is 1.69. The molecule has 116 valence electrons. The standard InChI is InChI=1S/C16H21ClO4/c17-13-9-11(10-15-16(13)21-8-2-7-20-15)14(18)5-4-12-3-1-6-19-12/h9-10,12,14,18H,1-8H2. The van der Waals surface area contributed by atoms with Crippen molar-refractivity contribution < 1.29 is 19.3 Å². The highest BCUT2D eigenvalue weighted by Gasteiger charge is 2.21. The molecule has 0 spiro atoms. The monoisotopic (exact) mass is 312 g/mol. The first-order valence-electron chi connectivity index (χ1n) is 7.63. The third-order valence-corrected chi connectivity index (χ3v) is 4.28. The van der Waals surface area contributed by atoms with Crippen LogP contribution in [0.3, 0.4) is 0 Å². The molecule has 0 aliphatic carbocycles. The lowest BCUT2D eigenvalue weighted by atomic mass is 10.0. The van der Waals surface area contributed by atoms with Gasteiger partial charge in [-0.15, -0.1) is 0 Å². The minimum atomic E-state index is -0.552. The third-order valence-electron chi connectivity index (χ3n) is 4.00. The average Bonchev–Trinajstić information content (AvgIpc) is 2.88. The van der Waals surface area contributed by atoms with Crippen molar-refractivity contribution in [2.75, 3.05) is 19.8 Å². The van der Waals surface area contributed by atoms with Gasteiger partial charge in [0.25, 0.3) is 0 Å². The quantitative estimate of drug-likeness (QED) is 0.924. The minimum Gasteiger partial charge on any atom is -0.489 e. The Hall–Kier alpha value is -0.970. The van der Waals surface area contributed by atoms with E-state index in [0.29, 0.717) is 36.2 Å².